The lowest BCUT2D eigenvalue weighted by atomic mass is 10.2. The van der Waals surface area contributed by atoms with Gasteiger partial charge in [-0.3, -0.25) is 0 Å². The van der Waals surface area contributed by atoms with Gasteiger partial charge in [0.15, 0.2) is 0 Å². The maximum Gasteiger partial charge on any atom is 0.212 e. The van der Waals surface area contributed by atoms with Crippen molar-refractivity contribution >= 4 is 36.2 Å². The lowest BCUT2D eigenvalue weighted by Gasteiger charge is -2.00. The first-order valence-corrected chi connectivity index (χ1v) is 5.10. The van der Waals surface area contributed by atoms with Crippen LogP contribution in [0, 0.1) is 0 Å². The first kappa shape index (κ1) is 13.8. The average Bonchev–Trinajstić information content (AvgIpc) is 2.83. The van der Waals surface area contributed by atoms with E-state index in [2.05, 4.69) is 20.8 Å². The summed E-state index contributed by atoms with van der Waals surface area (Å²) >= 11 is 0. The van der Waals surface area contributed by atoms with Crippen molar-refractivity contribution in [1.82, 2.24) is 10.7 Å². The molecule has 1 aliphatic rings. The fourth-order valence-corrected chi connectivity index (χ4v) is 1.33. The monoisotopic (exact) mass is 346 g/mol. The van der Waals surface area contributed by atoms with Crippen LogP contribution in [-0.2, 0) is 0 Å². The van der Waals surface area contributed by atoms with Crippen molar-refractivity contribution in [2.45, 2.75) is 0 Å². The van der Waals surface area contributed by atoms with E-state index >= 15 is 0 Å². The van der Waals surface area contributed by atoms with Crippen LogP contribution in [-0.4, -0.2) is 32.4 Å². The Morgan fingerprint density at radius 1 is 1.41 bits per heavy atom. The highest BCUT2D eigenvalue weighted by Gasteiger charge is 2.01. The minimum Gasteiger partial charge on any atom is -0.497 e. The van der Waals surface area contributed by atoms with Crippen LogP contribution in [0.2, 0.25) is 0 Å². The molecule has 1 aromatic carbocycles. The molecule has 92 valence electrons. The van der Waals surface area contributed by atoms with E-state index in [4.69, 9.17) is 4.74 Å². The van der Waals surface area contributed by atoms with Crippen LogP contribution in [0.3, 0.4) is 0 Å². The minimum atomic E-state index is 0. The third-order valence-corrected chi connectivity index (χ3v) is 2.17. The SMILES string of the molecule is COc1ccc(C=NNC2=NCCN2)cc1.I. The number of nitrogens with one attached hydrogen (secondary N) is 2. The van der Waals surface area contributed by atoms with Gasteiger partial charge in [0.1, 0.15) is 5.75 Å². The lowest BCUT2D eigenvalue weighted by molar-refractivity contribution is 0.415. The highest BCUT2D eigenvalue weighted by atomic mass is 127. The molecule has 0 atom stereocenters. The summed E-state index contributed by atoms with van der Waals surface area (Å²) < 4.78 is 5.07. The van der Waals surface area contributed by atoms with Gasteiger partial charge in [-0.1, -0.05) is 0 Å². The quantitative estimate of drug-likeness (QED) is 0.491. The zero-order valence-electron chi connectivity index (χ0n) is 9.51. The zero-order valence-corrected chi connectivity index (χ0v) is 11.8. The highest BCUT2D eigenvalue weighted by molar-refractivity contribution is 14.0. The lowest BCUT2D eigenvalue weighted by Crippen LogP contribution is -2.30. The average molecular weight is 346 g/mol. The van der Waals surface area contributed by atoms with Crippen molar-refractivity contribution in [3.05, 3.63) is 29.8 Å². The number of aliphatic imine (C=N–C) groups is 1. The number of hydrogen-bond donors (Lipinski definition) is 2. The summed E-state index contributed by atoms with van der Waals surface area (Å²) in [5, 5.41) is 7.14. The van der Waals surface area contributed by atoms with E-state index in [1.54, 1.807) is 13.3 Å². The third kappa shape index (κ3) is 4.22. The Kier molecular flexibility index (Phi) is 5.75. The van der Waals surface area contributed by atoms with Crippen LogP contribution in [0.1, 0.15) is 5.56 Å². The minimum absolute atomic E-state index is 0. The number of guanidine groups is 1. The molecular formula is C11H15IN4O. The summed E-state index contributed by atoms with van der Waals surface area (Å²) in [5.41, 5.74) is 3.84. The van der Waals surface area contributed by atoms with Crippen molar-refractivity contribution < 1.29 is 4.74 Å². The number of ether oxygens (including phenoxy) is 1. The van der Waals surface area contributed by atoms with Gasteiger partial charge >= 0.3 is 0 Å². The van der Waals surface area contributed by atoms with Gasteiger partial charge in [0.25, 0.3) is 0 Å². The number of halogens is 1. The van der Waals surface area contributed by atoms with E-state index in [-0.39, 0.29) is 24.0 Å². The second-order valence-corrected chi connectivity index (χ2v) is 3.30. The van der Waals surface area contributed by atoms with Crippen molar-refractivity contribution in [2.75, 3.05) is 20.2 Å². The molecule has 1 heterocycles. The molecule has 0 saturated carbocycles. The first-order chi connectivity index (χ1) is 7.88. The number of benzene rings is 1. The van der Waals surface area contributed by atoms with Gasteiger partial charge in [0.05, 0.1) is 19.9 Å². The van der Waals surface area contributed by atoms with E-state index in [1.807, 2.05) is 24.3 Å². The predicted octanol–water partition coefficient (Wildman–Crippen LogP) is 1.20. The molecule has 1 aromatic rings. The summed E-state index contributed by atoms with van der Waals surface area (Å²) in [6.07, 6.45) is 1.74. The predicted molar refractivity (Wildman–Crippen MR) is 79.4 cm³/mol. The molecule has 17 heavy (non-hydrogen) atoms. The molecule has 2 N–H and O–H groups in total. The largest absolute Gasteiger partial charge is 0.497 e. The second kappa shape index (κ2) is 7.10. The van der Waals surface area contributed by atoms with Gasteiger partial charge in [-0.25, -0.2) is 10.4 Å². The van der Waals surface area contributed by atoms with E-state index in [0.717, 1.165) is 30.4 Å². The molecule has 5 nitrogen and oxygen atoms in total. The van der Waals surface area contributed by atoms with Crippen molar-refractivity contribution in [3.8, 4) is 5.75 Å². The molecule has 0 radical (unpaired) electrons. The standard InChI is InChI=1S/C11H14N4O.HI/c1-16-10-4-2-9(3-5-10)8-14-15-11-12-6-7-13-11;/h2-5,8H,6-7H2,1H3,(H2,12,13,15);1H. The normalized spacial score (nSPS) is 13.8. The molecule has 2 rings (SSSR count). The van der Waals surface area contributed by atoms with E-state index in [0.29, 0.717) is 0 Å². The molecule has 0 aromatic heterocycles. The number of rotatable bonds is 3. The second-order valence-electron chi connectivity index (χ2n) is 3.30. The summed E-state index contributed by atoms with van der Waals surface area (Å²) in [6, 6.07) is 7.67. The molecule has 0 amide bonds. The Morgan fingerprint density at radius 2 is 2.18 bits per heavy atom. The number of methoxy groups -OCH3 is 1. The van der Waals surface area contributed by atoms with Crippen LogP contribution in [0.5, 0.6) is 5.75 Å². The summed E-state index contributed by atoms with van der Waals surface area (Å²) in [5.74, 6) is 1.57. The Labute approximate surface area is 117 Å². The van der Waals surface area contributed by atoms with Crippen molar-refractivity contribution in [1.29, 1.82) is 0 Å². The first-order valence-electron chi connectivity index (χ1n) is 5.10. The maximum absolute atomic E-state index is 5.07. The van der Waals surface area contributed by atoms with E-state index in [9.17, 15) is 0 Å². The molecule has 0 bridgehead atoms. The van der Waals surface area contributed by atoms with Crippen molar-refractivity contribution in [2.24, 2.45) is 10.1 Å². The van der Waals surface area contributed by atoms with Crippen molar-refractivity contribution in [3.63, 3.8) is 0 Å². The van der Waals surface area contributed by atoms with Gasteiger partial charge < -0.3 is 10.1 Å². The maximum atomic E-state index is 5.07. The Hall–Kier alpha value is -1.31. The molecule has 0 unspecified atom stereocenters. The number of nitrogens with zero attached hydrogens (tertiary/aromatic N) is 2. The fourth-order valence-electron chi connectivity index (χ4n) is 1.33. The molecule has 0 aliphatic carbocycles. The molecule has 1 aliphatic heterocycles. The number of hydrazone groups is 1. The molecule has 6 heteroatoms. The van der Waals surface area contributed by atoms with Crippen LogP contribution < -0.4 is 15.5 Å². The Bertz CT molecular complexity index is 402. The van der Waals surface area contributed by atoms with Crippen LogP contribution in [0.15, 0.2) is 34.4 Å². The smallest absolute Gasteiger partial charge is 0.212 e. The van der Waals surface area contributed by atoms with Crippen LogP contribution in [0.4, 0.5) is 0 Å². The summed E-state index contributed by atoms with van der Waals surface area (Å²) in [4.78, 5) is 4.15. The Balaban J connectivity index is 0.00000144. The molecular weight excluding hydrogens is 331 g/mol. The van der Waals surface area contributed by atoms with E-state index in [1.165, 1.54) is 0 Å². The number of hydrogen-bond acceptors (Lipinski definition) is 5. The topological polar surface area (TPSA) is 58.0 Å². The molecule has 0 spiro atoms. The van der Waals surface area contributed by atoms with Gasteiger partial charge in [-0.15, -0.1) is 24.0 Å². The molecule has 0 fully saturated rings. The summed E-state index contributed by atoms with van der Waals surface area (Å²) in [6.45, 7) is 1.68. The Morgan fingerprint density at radius 3 is 2.76 bits per heavy atom. The van der Waals surface area contributed by atoms with Crippen LogP contribution >= 0.6 is 24.0 Å². The molecule has 0 saturated heterocycles. The summed E-state index contributed by atoms with van der Waals surface area (Å²) in [7, 11) is 1.65. The zero-order chi connectivity index (χ0) is 11.2. The third-order valence-electron chi connectivity index (χ3n) is 2.17. The van der Waals surface area contributed by atoms with Gasteiger partial charge in [-0.05, 0) is 29.8 Å². The van der Waals surface area contributed by atoms with Gasteiger partial charge in [0.2, 0.25) is 5.96 Å². The van der Waals surface area contributed by atoms with E-state index < -0.39 is 0 Å². The van der Waals surface area contributed by atoms with Gasteiger partial charge in [0, 0.05) is 6.54 Å². The highest BCUT2D eigenvalue weighted by Crippen LogP contribution is 2.09. The fraction of sp³-hybridized carbons (Fsp3) is 0.273. The van der Waals surface area contributed by atoms with Crippen LogP contribution in [0.25, 0.3) is 0 Å². The van der Waals surface area contributed by atoms with Gasteiger partial charge in [-0.2, -0.15) is 5.10 Å².